The van der Waals surface area contributed by atoms with Crippen LogP contribution in [0.2, 0.25) is 4.34 Å². The van der Waals surface area contributed by atoms with Gasteiger partial charge < -0.3 is 4.74 Å². The van der Waals surface area contributed by atoms with Crippen LogP contribution in [0.25, 0.3) is 0 Å². The molecule has 0 unspecified atom stereocenters. The molecule has 0 bridgehead atoms. The molecule has 0 N–H and O–H groups in total. The molecule has 0 radical (unpaired) electrons. The lowest BCUT2D eigenvalue weighted by atomic mass is 10.2. The first-order chi connectivity index (χ1) is 8.31. The quantitative estimate of drug-likeness (QED) is 0.721. The van der Waals surface area contributed by atoms with Gasteiger partial charge in [-0.25, -0.2) is 8.78 Å². The summed E-state index contributed by atoms with van der Waals surface area (Å²) in [6.07, 6.45) is -3.82. The van der Waals surface area contributed by atoms with Crippen LogP contribution in [0.15, 0.2) is 12.1 Å². The van der Waals surface area contributed by atoms with Crippen LogP contribution in [0.4, 0.5) is 17.6 Å². The van der Waals surface area contributed by atoms with Crippen molar-refractivity contribution in [3.05, 3.63) is 21.3 Å². The summed E-state index contributed by atoms with van der Waals surface area (Å²) >= 11 is 6.82. The maximum absolute atomic E-state index is 12.4. The van der Waals surface area contributed by atoms with E-state index >= 15 is 0 Å². The highest BCUT2D eigenvalue weighted by Crippen LogP contribution is 2.23. The summed E-state index contributed by atoms with van der Waals surface area (Å²) in [5.41, 5.74) is 0. The monoisotopic (exact) mass is 304 g/mol. The first kappa shape index (κ1) is 15.4. The second-order valence-corrected chi connectivity index (χ2v) is 5.28. The van der Waals surface area contributed by atoms with Crippen LogP contribution in [-0.4, -0.2) is 31.3 Å². The molecule has 0 atom stereocenters. The molecular weight excluding hydrogens is 296 g/mol. The number of alkyl halides is 4. The first-order valence-electron chi connectivity index (χ1n) is 4.81. The van der Waals surface area contributed by atoms with Crippen molar-refractivity contribution in [2.75, 3.05) is 13.2 Å². The fourth-order valence-corrected chi connectivity index (χ4v) is 2.17. The Labute approximate surface area is 110 Å². The summed E-state index contributed by atoms with van der Waals surface area (Å²) in [5.74, 6) is -4.70. The largest absolute Gasteiger partial charge is 0.367 e. The van der Waals surface area contributed by atoms with Gasteiger partial charge in [0.2, 0.25) is 0 Å². The van der Waals surface area contributed by atoms with Crippen molar-refractivity contribution in [2.24, 2.45) is 0 Å². The molecule has 0 fully saturated rings. The van der Waals surface area contributed by atoms with Gasteiger partial charge >= 0.3 is 12.3 Å². The summed E-state index contributed by atoms with van der Waals surface area (Å²) in [4.78, 5) is 11.9. The van der Waals surface area contributed by atoms with E-state index in [-0.39, 0.29) is 6.42 Å². The third-order valence-electron chi connectivity index (χ3n) is 1.88. The highest BCUT2D eigenvalue weighted by molar-refractivity contribution is 7.16. The van der Waals surface area contributed by atoms with Crippen molar-refractivity contribution in [1.29, 1.82) is 0 Å². The van der Waals surface area contributed by atoms with Crippen molar-refractivity contribution in [3.63, 3.8) is 0 Å². The fourth-order valence-electron chi connectivity index (χ4n) is 1.06. The lowest BCUT2D eigenvalue weighted by molar-refractivity contribution is -0.168. The molecule has 1 aromatic rings. The number of Topliss-reactive ketones (excluding diaryl/α,β-unsaturated/α-hetero) is 1. The van der Waals surface area contributed by atoms with Crippen molar-refractivity contribution >= 4 is 28.7 Å². The second kappa shape index (κ2) is 6.49. The smallest absolute Gasteiger partial charge is 0.330 e. The predicted octanol–water partition coefficient (Wildman–Crippen LogP) is 3.43. The second-order valence-electron chi connectivity index (χ2n) is 3.48. The van der Waals surface area contributed by atoms with E-state index in [1.165, 1.54) is 11.3 Å². The number of hydrogen-bond acceptors (Lipinski definition) is 3. The lowest BCUT2D eigenvalue weighted by Gasteiger charge is -2.14. The van der Waals surface area contributed by atoms with Crippen LogP contribution in [-0.2, 0) is 16.0 Å². The molecule has 0 amide bonds. The predicted molar refractivity (Wildman–Crippen MR) is 59.8 cm³/mol. The molecular formula is C10H9ClF4O2S. The van der Waals surface area contributed by atoms with Gasteiger partial charge in [-0.3, -0.25) is 4.79 Å². The van der Waals surface area contributed by atoms with E-state index in [0.717, 1.165) is 0 Å². The molecule has 2 nitrogen and oxygen atoms in total. The van der Waals surface area contributed by atoms with Crippen LogP contribution in [0.1, 0.15) is 4.88 Å². The normalized spacial score (nSPS) is 12.1. The van der Waals surface area contributed by atoms with Crippen LogP contribution < -0.4 is 0 Å². The zero-order chi connectivity index (χ0) is 13.8. The molecule has 0 saturated carbocycles. The molecule has 0 saturated heterocycles. The maximum atomic E-state index is 12.4. The Balaban J connectivity index is 2.30. The van der Waals surface area contributed by atoms with E-state index < -0.39 is 31.3 Å². The Hall–Kier alpha value is -0.660. The van der Waals surface area contributed by atoms with E-state index in [2.05, 4.69) is 4.74 Å². The first-order valence-corrected chi connectivity index (χ1v) is 6.00. The van der Waals surface area contributed by atoms with E-state index in [0.29, 0.717) is 9.21 Å². The van der Waals surface area contributed by atoms with E-state index in [1.807, 2.05) is 0 Å². The van der Waals surface area contributed by atoms with E-state index in [9.17, 15) is 22.4 Å². The average Bonchev–Trinajstić information content (AvgIpc) is 2.63. The number of halogens is 5. The van der Waals surface area contributed by atoms with Crippen molar-refractivity contribution in [1.82, 2.24) is 0 Å². The summed E-state index contributed by atoms with van der Waals surface area (Å²) < 4.78 is 53.2. The third kappa shape index (κ3) is 4.91. The van der Waals surface area contributed by atoms with Crippen molar-refractivity contribution < 1.29 is 27.1 Å². The molecule has 8 heteroatoms. The summed E-state index contributed by atoms with van der Waals surface area (Å²) in [5, 5.41) is 0. The van der Waals surface area contributed by atoms with Gasteiger partial charge in [-0.2, -0.15) is 8.78 Å². The summed E-state index contributed by atoms with van der Waals surface area (Å²) in [6, 6.07) is 3.22. The van der Waals surface area contributed by atoms with Gasteiger partial charge in [0.15, 0.2) is 5.78 Å². The molecule has 18 heavy (non-hydrogen) atoms. The summed E-state index contributed by atoms with van der Waals surface area (Å²) in [6.45, 7) is -2.10. The van der Waals surface area contributed by atoms with Gasteiger partial charge in [-0.15, -0.1) is 11.3 Å². The molecule has 102 valence electrons. The molecule has 0 spiro atoms. The number of ether oxygens (including phenoxy) is 1. The Morgan fingerprint density at radius 3 is 2.61 bits per heavy atom. The Morgan fingerprint density at radius 2 is 2.11 bits per heavy atom. The van der Waals surface area contributed by atoms with Gasteiger partial charge in [0, 0.05) is 11.3 Å². The molecule has 1 rings (SSSR count). The number of thiophene rings is 1. The fraction of sp³-hybridized carbons (Fsp3) is 0.500. The maximum Gasteiger partial charge on any atom is 0.330 e. The Bertz CT molecular complexity index is 408. The molecule has 0 aromatic carbocycles. The van der Waals surface area contributed by atoms with Gasteiger partial charge in [-0.05, 0) is 12.1 Å². The molecule has 0 aliphatic rings. The molecule has 1 heterocycles. The molecule has 0 aliphatic carbocycles. The van der Waals surface area contributed by atoms with Crippen molar-refractivity contribution in [2.45, 2.75) is 18.8 Å². The van der Waals surface area contributed by atoms with Crippen LogP contribution in [0, 0.1) is 0 Å². The van der Waals surface area contributed by atoms with Gasteiger partial charge in [0.05, 0.1) is 4.34 Å². The lowest BCUT2D eigenvalue weighted by Crippen LogP contribution is -2.33. The minimum Gasteiger partial charge on any atom is -0.367 e. The van der Waals surface area contributed by atoms with Gasteiger partial charge in [-0.1, -0.05) is 11.6 Å². The zero-order valence-corrected chi connectivity index (χ0v) is 10.5. The van der Waals surface area contributed by atoms with E-state index in [1.54, 1.807) is 12.1 Å². The minimum absolute atomic E-state index is 0.0162. The van der Waals surface area contributed by atoms with Crippen molar-refractivity contribution in [3.8, 4) is 0 Å². The number of carbonyl (C=O) groups is 1. The minimum atomic E-state index is -4.23. The Morgan fingerprint density at radius 1 is 1.44 bits per heavy atom. The standard InChI is InChI=1S/C10H9ClF4O2S/c11-8-2-1-7(18-8)3-6(16)4-17-5-10(14,15)9(12)13/h1-2,9H,3-5H2. The van der Waals surface area contributed by atoms with E-state index in [4.69, 9.17) is 11.6 Å². The third-order valence-corrected chi connectivity index (χ3v) is 3.11. The van der Waals surface area contributed by atoms with Crippen LogP contribution in [0.5, 0.6) is 0 Å². The van der Waals surface area contributed by atoms with Crippen LogP contribution >= 0.6 is 22.9 Å². The Kier molecular flexibility index (Phi) is 5.55. The topological polar surface area (TPSA) is 26.3 Å². The molecule has 0 aliphatic heterocycles. The van der Waals surface area contributed by atoms with Gasteiger partial charge in [0.25, 0.3) is 0 Å². The molecule has 1 aromatic heterocycles. The number of rotatable bonds is 7. The average molecular weight is 305 g/mol. The summed E-state index contributed by atoms with van der Waals surface area (Å²) in [7, 11) is 0. The highest BCUT2D eigenvalue weighted by atomic mass is 35.5. The number of hydrogen-bond donors (Lipinski definition) is 0. The SMILES string of the molecule is O=C(COCC(F)(F)C(F)F)Cc1ccc(Cl)s1. The highest BCUT2D eigenvalue weighted by Gasteiger charge is 2.41. The number of ketones is 1. The zero-order valence-electron chi connectivity index (χ0n) is 8.97. The van der Waals surface area contributed by atoms with Crippen LogP contribution in [0.3, 0.4) is 0 Å². The number of carbonyl (C=O) groups excluding carboxylic acids is 1. The van der Waals surface area contributed by atoms with Gasteiger partial charge in [0.1, 0.15) is 13.2 Å².